The van der Waals surface area contributed by atoms with Crippen LogP contribution in [0.2, 0.25) is 5.02 Å². The van der Waals surface area contributed by atoms with E-state index in [4.69, 9.17) is 16.3 Å². The Labute approximate surface area is 181 Å². The van der Waals surface area contributed by atoms with E-state index in [0.717, 1.165) is 11.3 Å². The van der Waals surface area contributed by atoms with Crippen molar-refractivity contribution in [2.75, 3.05) is 29.2 Å². The molecule has 0 atom stereocenters. The first-order valence-electron chi connectivity index (χ1n) is 9.22. The van der Waals surface area contributed by atoms with Crippen molar-refractivity contribution in [1.29, 1.82) is 0 Å². The third-order valence-electron chi connectivity index (χ3n) is 4.26. The fraction of sp³-hybridized carbons (Fsp3) is 0.364. The fourth-order valence-electron chi connectivity index (χ4n) is 2.60. The van der Waals surface area contributed by atoms with Crippen molar-refractivity contribution in [3.05, 3.63) is 52.5 Å². The van der Waals surface area contributed by atoms with Gasteiger partial charge in [-0.3, -0.25) is 9.59 Å². The molecule has 2 rings (SSSR count). The monoisotopic (exact) mass is 434 g/mol. The molecule has 2 N–H and O–H groups in total. The third kappa shape index (κ3) is 6.98. The summed E-state index contributed by atoms with van der Waals surface area (Å²) in [6, 6.07) is 11.2. The predicted octanol–water partition coefficient (Wildman–Crippen LogP) is 5.26. The van der Waals surface area contributed by atoms with Gasteiger partial charge in [-0.05, 0) is 41.7 Å². The first-order chi connectivity index (χ1) is 13.6. The van der Waals surface area contributed by atoms with Crippen LogP contribution in [-0.4, -0.2) is 30.4 Å². The van der Waals surface area contributed by atoms with Crippen LogP contribution in [0.4, 0.5) is 11.4 Å². The van der Waals surface area contributed by atoms with Gasteiger partial charge in [-0.1, -0.05) is 44.5 Å². The minimum Gasteiger partial charge on any atom is -0.495 e. The molecule has 2 aromatic carbocycles. The molecule has 2 aromatic rings. The molecular formula is C22H27ClN2O3S. The molecule has 0 bridgehead atoms. The van der Waals surface area contributed by atoms with Crippen molar-refractivity contribution in [2.45, 2.75) is 33.1 Å². The van der Waals surface area contributed by atoms with Crippen LogP contribution < -0.4 is 15.4 Å². The average molecular weight is 435 g/mol. The highest BCUT2D eigenvalue weighted by Crippen LogP contribution is 2.31. The summed E-state index contributed by atoms with van der Waals surface area (Å²) < 4.78 is 5.25. The molecule has 0 fully saturated rings. The molecule has 156 valence electrons. The summed E-state index contributed by atoms with van der Waals surface area (Å²) in [4.78, 5) is 24.3. The maximum absolute atomic E-state index is 12.2. The van der Waals surface area contributed by atoms with Gasteiger partial charge in [0.05, 0.1) is 24.3 Å². The van der Waals surface area contributed by atoms with Crippen LogP contribution in [0.15, 0.2) is 36.4 Å². The number of carbonyl (C=O) groups is 2. The standard InChI is InChI=1S/C22H27ClN2O3S/c1-14-10-18(19(28-5)11-17(14)23)25-21(27)13-29-12-20(26)24-16-8-6-15(7-9-16)22(2,3)4/h6-11H,12-13H2,1-5H3,(H,24,26)(H,25,27). The van der Waals surface area contributed by atoms with Gasteiger partial charge >= 0.3 is 0 Å². The molecule has 0 aliphatic carbocycles. The van der Waals surface area contributed by atoms with E-state index in [0.29, 0.717) is 16.5 Å². The number of rotatable bonds is 7. The van der Waals surface area contributed by atoms with E-state index in [1.165, 1.54) is 24.4 Å². The zero-order chi connectivity index (χ0) is 21.6. The molecule has 0 aliphatic rings. The minimum atomic E-state index is -0.211. The Kier molecular flexibility index (Phi) is 7.99. The number of benzene rings is 2. The second-order valence-corrected chi connectivity index (χ2v) is 9.11. The number of ether oxygens (including phenoxy) is 1. The summed E-state index contributed by atoms with van der Waals surface area (Å²) in [6.07, 6.45) is 0. The number of aryl methyl sites for hydroxylation is 1. The number of thioether (sulfide) groups is 1. The van der Waals surface area contributed by atoms with Gasteiger partial charge < -0.3 is 15.4 Å². The maximum Gasteiger partial charge on any atom is 0.234 e. The van der Waals surface area contributed by atoms with Crippen molar-refractivity contribution in [3.8, 4) is 5.75 Å². The van der Waals surface area contributed by atoms with Crippen molar-refractivity contribution < 1.29 is 14.3 Å². The SMILES string of the molecule is COc1cc(Cl)c(C)cc1NC(=O)CSCC(=O)Nc1ccc(C(C)(C)C)cc1. The Morgan fingerprint density at radius 3 is 2.17 bits per heavy atom. The maximum atomic E-state index is 12.2. The Bertz CT molecular complexity index is 877. The van der Waals surface area contributed by atoms with E-state index >= 15 is 0 Å². The van der Waals surface area contributed by atoms with Crippen LogP contribution in [0.1, 0.15) is 31.9 Å². The van der Waals surface area contributed by atoms with Gasteiger partial charge in [-0.25, -0.2) is 0 Å². The van der Waals surface area contributed by atoms with Crippen molar-refractivity contribution in [1.82, 2.24) is 0 Å². The summed E-state index contributed by atoms with van der Waals surface area (Å²) in [6.45, 7) is 8.28. The lowest BCUT2D eigenvalue weighted by Gasteiger charge is -2.19. The summed E-state index contributed by atoms with van der Waals surface area (Å²) in [5, 5.41) is 6.22. The van der Waals surface area contributed by atoms with Crippen LogP contribution in [-0.2, 0) is 15.0 Å². The molecule has 0 aliphatic heterocycles. The lowest BCUT2D eigenvalue weighted by molar-refractivity contribution is -0.114. The number of halogens is 1. The van der Waals surface area contributed by atoms with E-state index in [2.05, 4.69) is 31.4 Å². The summed E-state index contributed by atoms with van der Waals surface area (Å²) in [5.74, 6) is 0.478. The summed E-state index contributed by atoms with van der Waals surface area (Å²) in [5.41, 5.74) is 3.41. The number of amides is 2. The van der Waals surface area contributed by atoms with E-state index in [9.17, 15) is 9.59 Å². The highest BCUT2D eigenvalue weighted by molar-refractivity contribution is 8.00. The zero-order valence-corrected chi connectivity index (χ0v) is 19.0. The lowest BCUT2D eigenvalue weighted by atomic mass is 9.87. The fourth-order valence-corrected chi connectivity index (χ4v) is 3.37. The van der Waals surface area contributed by atoms with E-state index < -0.39 is 0 Å². The Morgan fingerprint density at radius 2 is 1.62 bits per heavy atom. The normalized spacial score (nSPS) is 11.1. The second kappa shape index (κ2) is 10.0. The minimum absolute atomic E-state index is 0.0665. The van der Waals surface area contributed by atoms with Gasteiger partial charge in [-0.15, -0.1) is 11.8 Å². The molecule has 0 spiro atoms. The smallest absolute Gasteiger partial charge is 0.234 e. The van der Waals surface area contributed by atoms with Gasteiger partial charge in [0.2, 0.25) is 11.8 Å². The molecule has 2 amide bonds. The van der Waals surface area contributed by atoms with E-state index in [1.807, 2.05) is 31.2 Å². The Morgan fingerprint density at radius 1 is 1.03 bits per heavy atom. The van der Waals surface area contributed by atoms with Gasteiger partial charge in [-0.2, -0.15) is 0 Å². The molecule has 0 saturated heterocycles. The van der Waals surface area contributed by atoms with Crippen LogP contribution in [0, 0.1) is 6.92 Å². The van der Waals surface area contributed by atoms with Crippen molar-refractivity contribution >= 4 is 46.6 Å². The van der Waals surface area contributed by atoms with Crippen LogP contribution in [0.3, 0.4) is 0 Å². The topological polar surface area (TPSA) is 67.4 Å². The van der Waals surface area contributed by atoms with Gasteiger partial charge in [0.15, 0.2) is 0 Å². The summed E-state index contributed by atoms with van der Waals surface area (Å²) >= 11 is 7.32. The number of hydrogen-bond donors (Lipinski definition) is 2. The van der Waals surface area contributed by atoms with Gasteiger partial charge in [0, 0.05) is 16.8 Å². The molecule has 0 unspecified atom stereocenters. The molecule has 5 nitrogen and oxygen atoms in total. The lowest BCUT2D eigenvalue weighted by Crippen LogP contribution is -2.19. The molecule has 0 saturated carbocycles. The van der Waals surface area contributed by atoms with Crippen molar-refractivity contribution in [2.24, 2.45) is 0 Å². The zero-order valence-electron chi connectivity index (χ0n) is 17.4. The van der Waals surface area contributed by atoms with Crippen molar-refractivity contribution in [3.63, 3.8) is 0 Å². The highest BCUT2D eigenvalue weighted by atomic mass is 35.5. The van der Waals surface area contributed by atoms with E-state index in [1.54, 1.807) is 12.1 Å². The number of carbonyl (C=O) groups excluding carboxylic acids is 2. The van der Waals surface area contributed by atoms with Crippen LogP contribution in [0.5, 0.6) is 5.75 Å². The van der Waals surface area contributed by atoms with Gasteiger partial charge in [0.1, 0.15) is 5.75 Å². The number of methoxy groups -OCH3 is 1. The first-order valence-corrected chi connectivity index (χ1v) is 10.8. The average Bonchev–Trinajstić information content (AvgIpc) is 2.64. The first kappa shape index (κ1) is 23.1. The number of anilines is 2. The highest BCUT2D eigenvalue weighted by Gasteiger charge is 2.14. The number of hydrogen-bond acceptors (Lipinski definition) is 4. The van der Waals surface area contributed by atoms with E-state index in [-0.39, 0.29) is 28.7 Å². The van der Waals surface area contributed by atoms with Gasteiger partial charge in [0.25, 0.3) is 0 Å². The Balaban J connectivity index is 1.81. The molecule has 7 heteroatoms. The van der Waals surface area contributed by atoms with Crippen LogP contribution in [0.25, 0.3) is 0 Å². The summed E-state index contributed by atoms with van der Waals surface area (Å²) in [7, 11) is 1.52. The molecular weight excluding hydrogens is 408 g/mol. The largest absolute Gasteiger partial charge is 0.495 e. The second-order valence-electron chi connectivity index (χ2n) is 7.72. The van der Waals surface area contributed by atoms with Crippen LogP contribution >= 0.6 is 23.4 Å². The number of nitrogens with one attached hydrogen (secondary N) is 2. The molecule has 0 radical (unpaired) electrons. The quantitative estimate of drug-likeness (QED) is 0.623. The molecule has 0 aromatic heterocycles. The predicted molar refractivity (Wildman–Crippen MR) is 122 cm³/mol. The Hall–Kier alpha value is -2.18. The molecule has 29 heavy (non-hydrogen) atoms. The molecule has 0 heterocycles. The third-order valence-corrected chi connectivity index (χ3v) is 5.60.